The summed E-state index contributed by atoms with van der Waals surface area (Å²) < 4.78 is 7.35. The van der Waals surface area contributed by atoms with Crippen LogP contribution in [0.15, 0.2) is 53.2 Å². The number of piperidine rings is 1. The summed E-state index contributed by atoms with van der Waals surface area (Å²) in [7, 11) is 1.89. The first-order chi connectivity index (χ1) is 12.2. The molecule has 3 heterocycles. The molecular formula is C19H20N4O2. The Balaban J connectivity index is 1.51. The van der Waals surface area contributed by atoms with Gasteiger partial charge in [0.25, 0.3) is 5.91 Å². The second kappa shape index (κ2) is 6.55. The van der Waals surface area contributed by atoms with Gasteiger partial charge in [-0.15, -0.1) is 0 Å². The fraction of sp³-hybridized carbons (Fsp3) is 0.316. The first kappa shape index (κ1) is 15.6. The molecule has 128 valence electrons. The molecule has 3 aromatic rings. The van der Waals surface area contributed by atoms with Crippen molar-refractivity contribution in [1.29, 1.82) is 0 Å². The molecule has 0 saturated carbocycles. The van der Waals surface area contributed by atoms with Crippen LogP contribution in [0.5, 0.6) is 0 Å². The molecule has 6 heteroatoms. The Morgan fingerprint density at radius 1 is 1.20 bits per heavy atom. The highest BCUT2D eigenvalue weighted by Gasteiger charge is 2.29. The number of nitrogens with zero attached hydrogens (tertiary/aromatic N) is 4. The first-order valence-electron chi connectivity index (χ1n) is 8.52. The highest BCUT2D eigenvalue weighted by molar-refractivity contribution is 5.92. The van der Waals surface area contributed by atoms with Crippen molar-refractivity contribution < 1.29 is 9.32 Å². The lowest BCUT2D eigenvalue weighted by atomic mass is 9.97. The van der Waals surface area contributed by atoms with Crippen LogP contribution in [0.1, 0.15) is 35.1 Å². The molecule has 1 aromatic carbocycles. The van der Waals surface area contributed by atoms with Crippen molar-refractivity contribution in [2.75, 3.05) is 13.1 Å². The first-order valence-corrected chi connectivity index (χ1v) is 8.52. The van der Waals surface area contributed by atoms with Crippen LogP contribution in [-0.2, 0) is 7.05 Å². The molecular weight excluding hydrogens is 316 g/mol. The number of carbonyl (C=O) groups excluding carboxylic acids is 1. The third kappa shape index (κ3) is 3.07. The molecule has 4 rings (SSSR count). The van der Waals surface area contributed by atoms with Gasteiger partial charge in [-0.3, -0.25) is 4.79 Å². The van der Waals surface area contributed by atoms with Crippen molar-refractivity contribution in [1.82, 2.24) is 19.6 Å². The maximum Gasteiger partial charge on any atom is 0.270 e. The van der Waals surface area contributed by atoms with Gasteiger partial charge in [0.05, 0.1) is 5.92 Å². The minimum absolute atomic E-state index is 0.0556. The highest BCUT2D eigenvalue weighted by Crippen LogP contribution is 2.28. The van der Waals surface area contributed by atoms with E-state index in [1.807, 2.05) is 65.2 Å². The van der Waals surface area contributed by atoms with E-state index in [0.29, 0.717) is 24.0 Å². The molecule has 0 unspecified atom stereocenters. The van der Waals surface area contributed by atoms with Crippen LogP contribution < -0.4 is 0 Å². The quantitative estimate of drug-likeness (QED) is 0.737. The van der Waals surface area contributed by atoms with Crippen LogP contribution >= 0.6 is 0 Å². The van der Waals surface area contributed by atoms with E-state index in [0.717, 1.165) is 24.9 Å². The van der Waals surface area contributed by atoms with Crippen LogP contribution in [0, 0.1) is 0 Å². The Labute approximate surface area is 146 Å². The molecule has 25 heavy (non-hydrogen) atoms. The Bertz CT molecular complexity index is 868. The van der Waals surface area contributed by atoms with Crippen molar-refractivity contribution in [3.63, 3.8) is 0 Å². The predicted molar refractivity (Wildman–Crippen MR) is 93.0 cm³/mol. The van der Waals surface area contributed by atoms with Gasteiger partial charge in [-0.25, -0.2) is 0 Å². The average molecular weight is 336 g/mol. The molecule has 1 amide bonds. The number of benzene rings is 1. The third-order valence-electron chi connectivity index (χ3n) is 4.69. The molecule has 1 atom stereocenters. The molecule has 6 nitrogen and oxygen atoms in total. The van der Waals surface area contributed by atoms with Crippen LogP contribution in [0.3, 0.4) is 0 Å². The lowest BCUT2D eigenvalue weighted by molar-refractivity contribution is 0.0686. The van der Waals surface area contributed by atoms with Gasteiger partial charge >= 0.3 is 0 Å². The number of rotatable bonds is 3. The highest BCUT2D eigenvalue weighted by atomic mass is 16.5. The maximum absolute atomic E-state index is 12.7. The molecule has 0 spiro atoms. The topological polar surface area (TPSA) is 64.2 Å². The Kier molecular flexibility index (Phi) is 4.09. The summed E-state index contributed by atoms with van der Waals surface area (Å²) in [5, 5.41) is 4.10. The smallest absolute Gasteiger partial charge is 0.270 e. The summed E-state index contributed by atoms with van der Waals surface area (Å²) in [6.07, 6.45) is 3.77. The lowest BCUT2D eigenvalue weighted by Crippen LogP contribution is -2.39. The number of likely N-dealkylation sites (tertiary alicyclic amines) is 1. The second-order valence-corrected chi connectivity index (χ2v) is 6.42. The van der Waals surface area contributed by atoms with Crippen LogP contribution in [-0.4, -0.2) is 38.6 Å². The monoisotopic (exact) mass is 336 g/mol. The van der Waals surface area contributed by atoms with Crippen molar-refractivity contribution >= 4 is 5.91 Å². The fourth-order valence-electron chi connectivity index (χ4n) is 3.31. The van der Waals surface area contributed by atoms with E-state index in [9.17, 15) is 4.79 Å². The van der Waals surface area contributed by atoms with Gasteiger partial charge in [0, 0.05) is 31.9 Å². The number of carbonyl (C=O) groups is 1. The minimum Gasteiger partial charge on any atom is -0.347 e. The Morgan fingerprint density at radius 2 is 2.04 bits per heavy atom. The van der Waals surface area contributed by atoms with Gasteiger partial charge in [0.2, 0.25) is 11.7 Å². The van der Waals surface area contributed by atoms with Crippen LogP contribution in [0.4, 0.5) is 0 Å². The molecule has 0 radical (unpaired) electrons. The molecule has 0 aliphatic carbocycles. The predicted octanol–water partition coefficient (Wildman–Crippen LogP) is 3.09. The van der Waals surface area contributed by atoms with E-state index in [1.54, 1.807) is 0 Å². The second-order valence-electron chi connectivity index (χ2n) is 6.42. The van der Waals surface area contributed by atoms with Gasteiger partial charge in [0.15, 0.2) is 0 Å². The fourth-order valence-corrected chi connectivity index (χ4v) is 3.31. The zero-order chi connectivity index (χ0) is 17.2. The summed E-state index contributed by atoms with van der Waals surface area (Å²) in [5.41, 5.74) is 1.64. The van der Waals surface area contributed by atoms with E-state index in [2.05, 4.69) is 10.1 Å². The van der Waals surface area contributed by atoms with Gasteiger partial charge in [-0.05, 0) is 25.0 Å². The molecule has 1 aliphatic heterocycles. The largest absolute Gasteiger partial charge is 0.347 e. The molecule has 2 aromatic heterocycles. The van der Waals surface area contributed by atoms with Gasteiger partial charge in [-0.2, -0.15) is 4.98 Å². The summed E-state index contributed by atoms with van der Waals surface area (Å²) in [6, 6.07) is 13.5. The van der Waals surface area contributed by atoms with E-state index in [4.69, 9.17) is 4.52 Å². The van der Waals surface area contributed by atoms with E-state index in [1.165, 1.54) is 0 Å². The Morgan fingerprint density at radius 3 is 2.80 bits per heavy atom. The summed E-state index contributed by atoms with van der Waals surface area (Å²) in [6.45, 7) is 1.38. The zero-order valence-corrected chi connectivity index (χ0v) is 14.1. The summed E-state index contributed by atoms with van der Waals surface area (Å²) in [4.78, 5) is 19.2. The van der Waals surface area contributed by atoms with E-state index in [-0.39, 0.29) is 11.8 Å². The number of hydrogen-bond acceptors (Lipinski definition) is 4. The molecule has 1 saturated heterocycles. The number of amides is 1. The van der Waals surface area contributed by atoms with E-state index >= 15 is 0 Å². The van der Waals surface area contributed by atoms with Crippen molar-refractivity contribution in [2.24, 2.45) is 7.05 Å². The third-order valence-corrected chi connectivity index (χ3v) is 4.69. The minimum atomic E-state index is 0.0556. The molecule has 0 N–H and O–H groups in total. The van der Waals surface area contributed by atoms with Crippen molar-refractivity contribution in [2.45, 2.75) is 18.8 Å². The van der Waals surface area contributed by atoms with Gasteiger partial charge in [-0.1, -0.05) is 35.5 Å². The molecule has 1 fully saturated rings. The number of hydrogen-bond donors (Lipinski definition) is 0. The number of aromatic nitrogens is 3. The summed E-state index contributed by atoms with van der Waals surface area (Å²) >= 11 is 0. The Hall–Kier alpha value is -2.89. The SMILES string of the molecule is Cn1cccc1C(=O)N1CCC[C@H](c2nc(-c3ccccc3)no2)C1. The standard InChI is InChI=1S/C19H20N4O2/c1-22-11-6-10-16(22)19(24)23-12-5-9-15(13-23)18-20-17(21-25-18)14-7-3-2-4-8-14/h2-4,6-8,10-11,15H,5,9,12-13H2,1H3/t15-/m0/s1. The number of aryl methyl sites for hydroxylation is 1. The molecule has 1 aliphatic rings. The normalized spacial score (nSPS) is 17.6. The maximum atomic E-state index is 12.7. The lowest BCUT2D eigenvalue weighted by Gasteiger charge is -2.31. The van der Waals surface area contributed by atoms with Gasteiger partial charge in [0.1, 0.15) is 5.69 Å². The molecule has 0 bridgehead atoms. The van der Waals surface area contributed by atoms with Crippen molar-refractivity contribution in [3.8, 4) is 11.4 Å². The van der Waals surface area contributed by atoms with Gasteiger partial charge < -0.3 is 14.0 Å². The van der Waals surface area contributed by atoms with Crippen molar-refractivity contribution in [3.05, 3.63) is 60.2 Å². The average Bonchev–Trinajstić information content (AvgIpc) is 3.31. The van der Waals surface area contributed by atoms with Crippen LogP contribution in [0.2, 0.25) is 0 Å². The van der Waals surface area contributed by atoms with Crippen LogP contribution in [0.25, 0.3) is 11.4 Å². The zero-order valence-electron chi connectivity index (χ0n) is 14.1. The van der Waals surface area contributed by atoms with E-state index < -0.39 is 0 Å². The summed E-state index contributed by atoms with van der Waals surface area (Å²) in [5.74, 6) is 1.35.